The van der Waals surface area contributed by atoms with Crippen LogP contribution in [-0.4, -0.2) is 41.7 Å². The molecule has 1 N–H and O–H groups in total. The maximum Gasteiger partial charge on any atom is 0.260 e. The molecule has 0 unspecified atom stereocenters. The monoisotopic (exact) mass is 291 g/mol. The van der Waals surface area contributed by atoms with Gasteiger partial charge in [0, 0.05) is 19.2 Å². The largest absolute Gasteiger partial charge is 0.484 e. The van der Waals surface area contributed by atoms with E-state index in [0.29, 0.717) is 19.0 Å². The lowest BCUT2D eigenvalue weighted by Crippen LogP contribution is -2.46. The van der Waals surface area contributed by atoms with Crippen LogP contribution in [0.1, 0.15) is 36.8 Å². The predicted molar refractivity (Wildman–Crippen MR) is 82.5 cm³/mol. The third kappa shape index (κ3) is 4.21. The van der Waals surface area contributed by atoms with Gasteiger partial charge in [-0.2, -0.15) is 0 Å². The predicted octanol–water partition coefficient (Wildman–Crippen LogP) is 2.45. The lowest BCUT2D eigenvalue weighted by atomic mass is 9.91. The number of hydrogen-bond acceptors (Lipinski definition) is 3. The van der Waals surface area contributed by atoms with Gasteiger partial charge in [-0.1, -0.05) is 6.07 Å². The summed E-state index contributed by atoms with van der Waals surface area (Å²) in [5.41, 5.74) is 2.38. The van der Waals surface area contributed by atoms with Gasteiger partial charge >= 0.3 is 0 Å². The molecule has 2 rings (SSSR count). The lowest BCUT2D eigenvalue weighted by molar-refractivity contribution is -0.137. The third-order valence-corrected chi connectivity index (χ3v) is 4.23. The second kappa shape index (κ2) is 7.46. The molecule has 1 fully saturated rings. The molecule has 0 saturated heterocycles. The first-order valence-electron chi connectivity index (χ1n) is 7.72. The molecule has 4 heteroatoms. The van der Waals surface area contributed by atoms with Gasteiger partial charge < -0.3 is 14.7 Å². The molecule has 0 aromatic heterocycles. The minimum atomic E-state index is 0.0198. The van der Waals surface area contributed by atoms with Gasteiger partial charge in [-0.15, -0.1) is 0 Å². The Morgan fingerprint density at radius 2 is 2.10 bits per heavy atom. The van der Waals surface area contributed by atoms with Crippen LogP contribution >= 0.6 is 0 Å². The number of carbonyl (C=O) groups is 1. The van der Waals surface area contributed by atoms with Gasteiger partial charge in [0.25, 0.3) is 5.91 Å². The van der Waals surface area contributed by atoms with E-state index in [9.17, 15) is 4.79 Å². The van der Waals surface area contributed by atoms with E-state index >= 15 is 0 Å². The van der Waals surface area contributed by atoms with Crippen LogP contribution in [0.4, 0.5) is 0 Å². The van der Waals surface area contributed by atoms with Gasteiger partial charge in [-0.3, -0.25) is 4.79 Å². The maximum atomic E-state index is 12.3. The van der Waals surface area contributed by atoms with Crippen molar-refractivity contribution in [2.75, 3.05) is 19.8 Å². The SMILES string of the molecule is Cc1ccc(OCC(=O)N(CCCO)C2CCC2)cc1C. The zero-order valence-corrected chi connectivity index (χ0v) is 13.0. The zero-order valence-electron chi connectivity index (χ0n) is 13.0. The highest BCUT2D eigenvalue weighted by Crippen LogP contribution is 2.25. The maximum absolute atomic E-state index is 12.3. The van der Waals surface area contributed by atoms with Crippen LogP contribution in [-0.2, 0) is 4.79 Å². The minimum absolute atomic E-state index is 0.0198. The smallest absolute Gasteiger partial charge is 0.260 e. The number of hydrogen-bond donors (Lipinski definition) is 1. The first-order valence-corrected chi connectivity index (χ1v) is 7.72. The van der Waals surface area contributed by atoms with E-state index in [0.717, 1.165) is 24.2 Å². The van der Waals surface area contributed by atoms with Gasteiger partial charge in [0.05, 0.1) is 0 Å². The molecule has 1 aliphatic carbocycles. The fraction of sp³-hybridized carbons (Fsp3) is 0.588. The molecule has 0 heterocycles. The van der Waals surface area contributed by atoms with Gasteiger partial charge in [0.15, 0.2) is 6.61 Å². The third-order valence-electron chi connectivity index (χ3n) is 4.23. The number of aliphatic hydroxyl groups is 1. The van der Waals surface area contributed by atoms with Crippen LogP contribution in [0.15, 0.2) is 18.2 Å². The number of aryl methyl sites for hydroxylation is 2. The van der Waals surface area contributed by atoms with E-state index in [1.807, 2.05) is 30.0 Å². The molecule has 0 bridgehead atoms. The normalized spacial score (nSPS) is 14.6. The van der Waals surface area contributed by atoms with Crippen LogP contribution in [0.25, 0.3) is 0 Å². The van der Waals surface area contributed by atoms with E-state index in [1.165, 1.54) is 12.0 Å². The molecule has 1 aromatic rings. The van der Waals surface area contributed by atoms with Crippen molar-refractivity contribution in [2.45, 2.75) is 45.6 Å². The highest BCUT2D eigenvalue weighted by Gasteiger charge is 2.28. The number of rotatable bonds is 7. The Bertz CT molecular complexity index is 483. The fourth-order valence-corrected chi connectivity index (χ4v) is 2.48. The Balaban J connectivity index is 1.89. The molecule has 0 spiro atoms. The highest BCUT2D eigenvalue weighted by molar-refractivity contribution is 5.78. The van der Waals surface area contributed by atoms with E-state index in [4.69, 9.17) is 9.84 Å². The van der Waals surface area contributed by atoms with Gasteiger partial charge in [-0.25, -0.2) is 0 Å². The molecule has 1 aromatic carbocycles. The van der Waals surface area contributed by atoms with E-state index in [-0.39, 0.29) is 19.1 Å². The van der Waals surface area contributed by atoms with Crippen LogP contribution in [0.3, 0.4) is 0 Å². The fourth-order valence-electron chi connectivity index (χ4n) is 2.48. The molecule has 0 atom stereocenters. The molecule has 0 radical (unpaired) electrons. The summed E-state index contributed by atoms with van der Waals surface area (Å²) < 4.78 is 5.63. The topological polar surface area (TPSA) is 49.8 Å². The number of nitrogens with zero attached hydrogens (tertiary/aromatic N) is 1. The number of ether oxygens (including phenoxy) is 1. The van der Waals surface area contributed by atoms with Crippen molar-refractivity contribution in [2.24, 2.45) is 0 Å². The summed E-state index contributed by atoms with van der Waals surface area (Å²) >= 11 is 0. The quantitative estimate of drug-likeness (QED) is 0.839. The minimum Gasteiger partial charge on any atom is -0.484 e. The molecule has 0 aliphatic heterocycles. The van der Waals surface area contributed by atoms with Crippen molar-refractivity contribution in [3.63, 3.8) is 0 Å². The molecule has 4 nitrogen and oxygen atoms in total. The van der Waals surface area contributed by atoms with Crippen molar-refractivity contribution in [1.29, 1.82) is 0 Å². The van der Waals surface area contributed by atoms with Crippen molar-refractivity contribution >= 4 is 5.91 Å². The Morgan fingerprint density at radius 3 is 2.67 bits per heavy atom. The Hall–Kier alpha value is -1.55. The Kier molecular flexibility index (Phi) is 5.62. The zero-order chi connectivity index (χ0) is 15.2. The lowest BCUT2D eigenvalue weighted by Gasteiger charge is -2.37. The Labute approximate surface area is 126 Å². The summed E-state index contributed by atoms with van der Waals surface area (Å²) in [7, 11) is 0. The first-order chi connectivity index (χ1) is 10.1. The van der Waals surface area contributed by atoms with Crippen LogP contribution in [0.2, 0.25) is 0 Å². The molecular weight excluding hydrogens is 266 g/mol. The molecule has 1 saturated carbocycles. The molecule has 1 aliphatic rings. The summed E-state index contributed by atoms with van der Waals surface area (Å²) in [6.45, 7) is 4.90. The molecule has 21 heavy (non-hydrogen) atoms. The number of amides is 1. The standard InChI is InChI=1S/C17H25NO3/c1-13-7-8-16(11-14(13)2)21-12-17(20)18(9-4-10-19)15-5-3-6-15/h7-8,11,15,19H,3-6,9-10,12H2,1-2H3. The Morgan fingerprint density at radius 1 is 1.33 bits per heavy atom. The first kappa shape index (κ1) is 15.8. The summed E-state index contributed by atoms with van der Waals surface area (Å²) in [4.78, 5) is 14.2. The summed E-state index contributed by atoms with van der Waals surface area (Å²) in [6.07, 6.45) is 3.96. The molecular formula is C17H25NO3. The van der Waals surface area contributed by atoms with Crippen LogP contribution in [0.5, 0.6) is 5.75 Å². The van der Waals surface area contributed by atoms with Crippen molar-refractivity contribution in [3.05, 3.63) is 29.3 Å². The number of benzene rings is 1. The van der Waals surface area contributed by atoms with Crippen molar-refractivity contribution < 1.29 is 14.6 Å². The highest BCUT2D eigenvalue weighted by atomic mass is 16.5. The van der Waals surface area contributed by atoms with Gasteiger partial charge in [0.2, 0.25) is 0 Å². The van der Waals surface area contributed by atoms with Gasteiger partial charge in [0.1, 0.15) is 5.75 Å². The number of carbonyl (C=O) groups excluding carboxylic acids is 1. The van der Waals surface area contributed by atoms with Crippen LogP contribution in [0, 0.1) is 13.8 Å². The van der Waals surface area contributed by atoms with E-state index < -0.39 is 0 Å². The van der Waals surface area contributed by atoms with Gasteiger partial charge in [-0.05, 0) is 62.8 Å². The summed E-state index contributed by atoms with van der Waals surface area (Å²) in [5.74, 6) is 0.758. The second-order valence-corrected chi connectivity index (χ2v) is 5.78. The van der Waals surface area contributed by atoms with Crippen molar-refractivity contribution in [3.8, 4) is 5.75 Å². The van der Waals surface area contributed by atoms with E-state index in [2.05, 4.69) is 6.92 Å². The summed E-state index contributed by atoms with van der Waals surface area (Å²) in [5, 5.41) is 8.96. The number of aliphatic hydroxyl groups excluding tert-OH is 1. The van der Waals surface area contributed by atoms with E-state index in [1.54, 1.807) is 0 Å². The average molecular weight is 291 g/mol. The summed E-state index contributed by atoms with van der Waals surface area (Å²) in [6, 6.07) is 6.21. The van der Waals surface area contributed by atoms with Crippen LogP contribution < -0.4 is 4.74 Å². The van der Waals surface area contributed by atoms with Crippen molar-refractivity contribution in [1.82, 2.24) is 4.90 Å². The molecule has 116 valence electrons. The second-order valence-electron chi connectivity index (χ2n) is 5.78. The average Bonchev–Trinajstić information content (AvgIpc) is 2.42. The molecule has 1 amide bonds.